The normalized spacial score (nSPS) is 10.3. The topological polar surface area (TPSA) is 26.3 Å². The smallest absolute Gasteiger partial charge is 0.308 e. The van der Waals surface area contributed by atoms with Gasteiger partial charge in [-0.15, -0.1) is 6.58 Å². The second kappa shape index (κ2) is 5.05. The highest BCUT2D eigenvalue weighted by Crippen LogP contribution is 2.26. The van der Waals surface area contributed by atoms with E-state index in [0.29, 0.717) is 5.75 Å². The first-order chi connectivity index (χ1) is 8.61. The first-order valence-corrected chi connectivity index (χ1v) is 5.93. The average molecular weight is 240 g/mol. The molecule has 0 bridgehead atoms. The molecule has 0 unspecified atom stereocenters. The van der Waals surface area contributed by atoms with Crippen LogP contribution in [-0.4, -0.2) is 5.97 Å². The van der Waals surface area contributed by atoms with Gasteiger partial charge >= 0.3 is 5.97 Å². The molecule has 18 heavy (non-hydrogen) atoms. The Kier molecular flexibility index (Phi) is 3.47. The molecule has 0 radical (unpaired) electrons. The summed E-state index contributed by atoms with van der Waals surface area (Å²) in [6.07, 6.45) is 2.75. The zero-order chi connectivity index (χ0) is 13.1. The Bertz CT molecular complexity index is 612. The van der Waals surface area contributed by atoms with Gasteiger partial charge in [0.1, 0.15) is 5.75 Å². The van der Waals surface area contributed by atoms with Crippen molar-refractivity contribution in [3.63, 3.8) is 0 Å². The summed E-state index contributed by atoms with van der Waals surface area (Å²) in [5.74, 6) is 0.288. The Balaban J connectivity index is 2.55. The van der Waals surface area contributed by atoms with Crippen molar-refractivity contribution in [2.24, 2.45) is 0 Å². The van der Waals surface area contributed by atoms with Crippen molar-refractivity contribution in [1.82, 2.24) is 0 Å². The van der Waals surface area contributed by atoms with Crippen molar-refractivity contribution in [3.05, 3.63) is 54.1 Å². The van der Waals surface area contributed by atoms with Crippen LogP contribution in [0.15, 0.2) is 43.0 Å². The minimum atomic E-state index is -0.298. The molecule has 2 heteroatoms. The van der Waals surface area contributed by atoms with Gasteiger partial charge < -0.3 is 4.74 Å². The largest absolute Gasteiger partial charge is 0.427 e. The molecule has 0 saturated carbocycles. The minimum Gasteiger partial charge on any atom is -0.427 e. The third-order valence-corrected chi connectivity index (χ3v) is 2.95. The molecule has 2 aromatic rings. The fourth-order valence-corrected chi connectivity index (χ4v) is 2.13. The van der Waals surface area contributed by atoms with E-state index in [1.807, 2.05) is 30.3 Å². The summed E-state index contributed by atoms with van der Waals surface area (Å²) in [4.78, 5) is 10.9. The minimum absolute atomic E-state index is 0.298. The highest BCUT2D eigenvalue weighted by molar-refractivity contribution is 5.88. The molecule has 0 heterocycles. The monoisotopic (exact) mass is 240 g/mol. The molecule has 0 fully saturated rings. The highest BCUT2D eigenvalue weighted by atomic mass is 16.5. The van der Waals surface area contributed by atoms with Gasteiger partial charge in [0, 0.05) is 6.92 Å². The van der Waals surface area contributed by atoms with E-state index in [-0.39, 0.29) is 5.97 Å². The van der Waals surface area contributed by atoms with Gasteiger partial charge in [-0.2, -0.15) is 0 Å². The van der Waals surface area contributed by atoms with Gasteiger partial charge in [-0.25, -0.2) is 0 Å². The van der Waals surface area contributed by atoms with Crippen LogP contribution in [-0.2, 0) is 11.2 Å². The van der Waals surface area contributed by atoms with Crippen LogP contribution in [0.1, 0.15) is 18.1 Å². The lowest BCUT2D eigenvalue weighted by molar-refractivity contribution is -0.131. The fourth-order valence-electron chi connectivity index (χ4n) is 2.13. The number of carbonyl (C=O) groups excluding carboxylic acids is 1. The van der Waals surface area contributed by atoms with E-state index >= 15 is 0 Å². The number of hydrogen-bond acceptors (Lipinski definition) is 2. The second-order valence-electron chi connectivity index (χ2n) is 4.33. The van der Waals surface area contributed by atoms with Gasteiger partial charge in [0.2, 0.25) is 0 Å². The van der Waals surface area contributed by atoms with Crippen LogP contribution in [0.2, 0.25) is 0 Å². The SMILES string of the molecule is C=CCc1c(C)ccc2cc(OC(C)=O)ccc12. The van der Waals surface area contributed by atoms with Gasteiger partial charge in [-0.1, -0.05) is 24.3 Å². The maximum Gasteiger partial charge on any atom is 0.308 e. The number of hydrogen-bond donors (Lipinski definition) is 0. The third kappa shape index (κ3) is 2.43. The van der Waals surface area contributed by atoms with E-state index in [0.717, 1.165) is 11.8 Å². The van der Waals surface area contributed by atoms with Crippen LogP contribution in [0.5, 0.6) is 5.75 Å². The Hall–Kier alpha value is -2.09. The van der Waals surface area contributed by atoms with E-state index in [1.54, 1.807) is 0 Å². The molecular formula is C16H16O2. The maximum atomic E-state index is 10.9. The molecule has 92 valence electrons. The van der Waals surface area contributed by atoms with Gasteiger partial charge in [-0.3, -0.25) is 4.79 Å². The molecule has 0 aliphatic rings. The quantitative estimate of drug-likeness (QED) is 0.463. The van der Waals surface area contributed by atoms with E-state index < -0.39 is 0 Å². The Morgan fingerprint density at radius 1 is 1.33 bits per heavy atom. The molecule has 0 amide bonds. The zero-order valence-electron chi connectivity index (χ0n) is 10.7. The van der Waals surface area contributed by atoms with Crippen LogP contribution in [0, 0.1) is 6.92 Å². The molecule has 0 aliphatic carbocycles. The molecule has 0 saturated heterocycles. The molecule has 2 aromatic carbocycles. The molecule has 0 aromatic heterocycles. The summed E-state index contributed by atoms with van der Waals surface area (Å²) >= 11 is 0. The standard InChI is InChI=1S/C16H16O2/c1-4-5-15-11(2)6-7-13-10-14(18-12(3)17)8-9-16(13)15/h4,6-10H,1,5H2,2-3H3. The zero-order valence-corrected chi connectivity index (χ0v) is 10.7. The van der Waals surface area contributed by atoms with E-state index in [9.17, 15) is 4.79 Å². The first-order valence-electron chi connectivity index (χ1n) is 5.93. The highest BCUT2D eigenvalue weighted by Gasteiger charge is 2.05. The predicted molar refractivity (Wildman–Crippen MR) is 73.9 cm³/mol. The summed E-state index contributed by atoms with van der Waals surface area (Å²) in [6.45, 7) is 7.29. The van der Waals surface area contributed by atoms with Crippen molar-refractivity contribution in [3.8, 4) is 5.75 Å². The number of aryl methyl sites for hydroxylation is 1. The summed E-state index contributed by atoms with van der Waals surface area (Å²) in [6, 6.07) is 9.85. The average Bonchev–Trinajstić information content (AvgIpc) is 2.32. The van der Waals surface area contributed by atoms with Crippen LogP contribution in [0.3, 0.4) is 0 Å². The Morgan fingerprint density at radius 2 is 2.11 bits per heavy atom. The van der Waals surface area contributed by atoms with Crippen LogP contribution in [0.25, 0.3) is 10.8 Å². The van der Waals surface area contributed by atoms with Crippen LogP contribution in [0.4, 0.5) is 0 Å². The molecular weight excluding hydrogens is 224 g/mol. The van der Waals surface area contributed by atoms with Crippen molar-refractivity contribution < 1.29 is 9.53 Å². The van der Waals surface area contributed by atoms with Gasteiger partial charge in [-0.05, 0) is 47.4 Å². The van der Waals surface area contributed by atoms with E-state index in [4.69, 9.17) is 4.74 Å². The molecule has 2 rings (SSSR count). The lowest BCUT2D eigenvalue weighted by Crippen LogP contribution is -2.01. The number of carbonyl (C=O) groups is 1. The summed E-state index contributed by atoms with van der Waals surface area (Å²) in [7, 11) is 0. The first kappa shape index (κ1) is 12.4. The number of benzene rings is 2. The van der Waals surface area contributed by atoms with Crippen molar-refractivity contribution in [2.45, 2.75) is 20.3 Å². The Labute approximate surface area is 107 Å². The number of rotatable bonds is 3. The lowest BCUT2D eigenvalue weighted by atomic mass is 9.97. The Morgan fingerprint density at radius 3 is 2.78 bits per heavy atom. The van der Waals surface area contributed by atoms with Crippen molar-refractivity contribution in [1.29, 1.82) is 0 Å². The third-order valence-electron chi connectivity index (χ3n) is 2.95. The number of esters is 1. The molecule has 0 N–H and O–H groups in total. The number of allylic oxidation sites excluding steroid dienone is 1. The van der Waals surface area contributed by atoms with Crippen LogP contribution < -0.4 is 4.74 Å². The van der Waals surface area contributed by atoms with Crippen molar-refractivity contribution >= 4 is 16.7 Å². The summed E-state index contributed by atoms with van der Waals surface area (Å²) in [5.41, 5.74) is 2.53. The number of ether oxygens (including phenoxy) is 1. The van der Waals surface area contributed by atoms with Gasteiger partial charge in [0.25, 0.3) is 0 Å². The maximum absolute atomic E-state index is 10.9. The summed E-state index contributed by atoms with van der Waals surface area (Å²) in [5, 5.41) is 2.27. The van der Waals surface area contributed by atoms with E-state index in [2.05, 4.69) is 19.6 Å². The van der Waals surface area contributed by atoms with Gasteiger partial charge in [0.05, 0.1) is 0 Å². The van der Waals surface area contributed by atoms with Crippen LogP contribution >= 0.6 is 0 Å². The van der Waals surface area contributed by atoms with Gasteiger partial charge in [0.15, 0.2) is 0 Å². The summed E-state index contributed by atoms with van der Waals surface area (Å²) < 4.78 is 5.09. The lowest BCUT2D eigenvalue weighted by Gasteiger charge is -2.10. The molecule has 0 aliphatic heterocycles. The molecule has 0 atom stereocenters. The van der Waals surface area contributed by atoms with Crippen molar-refractivity contribution in [2.75, 3.05) is 0 Å². The molecule has 0 spiro atoms. The second-order valence-corrected chi connectivity index (χ2v) is 4.33. The molecule has 2 nitrogen and oxygen atoms in total. The van der Waals surface area contributed by atoms with E-state index in [1.165, 1.54) is 23.4 Å². The fraction of sp³-hybridized carbons (Fsp3) is 0.188. The predicted octanol–water partition coefficient (Wildman–Crippen LogP) is 3.80. The number of fused-ring (bicyclic) bond motifs is 1.